The highest BCUT2D eigenvalue weighted by molar-refractivity contribution is 7.14. The van der Waals surface area contributed by atoms with Crippen LogP contribution in [0.25, 0.3) is 11.3 Å². The van der Waals surface area contributed by atoms with E-state index >= 15 is 0 Å². The summed E-state index contributed by atoms with van der Waals surface area (Å²) in [6.07, 6.45) is 1.33. The molecule has 6 heteroatoms. The molecule has 1 amide bonds. The standard InChI is InChI=1S/C16H16N2O3S/c1-10-3-4-12(11(2)7-10)13-9-22-16(17-13)18-15(19)14-8-20-5-6-21-14/h3-4,7-9H,5-6H2,1-2H3,(H,17,18,19). The maximum Gasteiger partial charge on any atom is 0.295 e. The molecule has 0 atom stereocenters. The van der Waals surface area contributed by atoms with Crippen LogP contribution in [0.3, 0.4) is 0 Å². The van der Waals surface area contributed by atoms with Crippen LogP contribution in [-0.4, -0.2) is 24.1 Å². The van der Waals surface area contributed by atoms with Crippen molar-refractivity contribution in [3.8, 4) is 11.3 Å². The fraction of sp³-hybridized carbons (Fsp3) is 0.250. The number of nitrogens with zero attached hydrogens (tertiary/aromatic N) is 1. The van der Waals surface area contributed by atoms with Gasteiger partial charge in [0, 0.05) is 10.9 Å². The van der Waals surface area contributed by atoms with Crippen LogP contribution in [0.5, 0.6) is 0 Å². The molecule has 1 aliphatic heterocycles. The average Bonchev–Trinajstić information content (AvgIpc) is 2.96. The number of aryl methyl sites for hydroxylation is 2. The molecule has 0 aliphatic carbocycles. The van der Waals surface area contributed by atoms with E-state index < -0.39 is 0 Å². The highest BCUT2D eigenvalue weighted by atomic mass is 32.1. The highest BCUT2D eigenvalue weighted by Gasteiger charge is 2.17. The maximum atomic E-state index is 12.0. The molecule has 1 N–H and O–H groups in total. The Hall–Kier alpha value is -2.34. The lowest BCUT2D eigenvalue weighted by molar-refractivity contribution is -0.117. The zero-order chi connectivity index (χ0) is 15.5. The molecular formula is C16H16N2O3S. The van der Waals surface area contributed by atoms with Crippen LogP contribution in [0, 0.1) is 13.8 Å². The molecule has 0 fully saturated rings. The minimum atomic E-state index is -0.346. The van der Waals surface area contributed by atoms with Crippen LogP contribution in [0.2, 0.25) is 0 Å². The van der Waals surface area contributed by atoms with Gasteiger partial charge in [-0.25, -0.2) is 4.98 Å². The summed E-state index contributed by atoms with van der Waals surface area (Å²) in [6.45, 7) is 4.96. The van der Waals surface area contributed by atoms with Gasteiger partial charge in [0.15, 0.2) is 5.13 Å². The minimum absolute atomic E-state index is 0.175. The van der Waals surface area contributed by atoms with E-state index in [2.05, 4.69) is 36.3 Å². The van der Waals surface area contributed by atoms with Crippen molar-refractivity contribution in [1.82, 2.24) is 4.98 Å². The lowest BCUT2D eigenvalue weighted by Crippen LogP contribution is -2.21. The minimum Gasteiger partial charge on any atom is -0.494 e. The summed E-state index contributed by atoms with van der Waals surface area (Å²) in [4.78, 5) is 16.5. The number of carbonyl (C=O) groups is 1. The molecule has 22 heavy (non-hydrogen) atoms. The van der Waals surface area contributed by atoms with Gasteiger partial charge in [0.05, 0.1) is 5.69 Å². The molecule has 1 aromatic carbocycles. The van der Waals surface area contributed by atoms with Crippen molar-refractivity contribution in [2.45, 2.75) is 13.8 Å². The Balaban J connectivity index is 1.76. The molecule has 2 heterocycles. The largest absolute Gasteiger partial charge is 0.494 e. The van der Waals surface area contributed by atoms with Crippen molar-refractivity contribution in [3.63, 3.8) is 0 Å². The third-order valence-corrected chi connectivity index (χ3v) is 4.01. The Morgan fingerprint density at radius 1 is 1.32 bits per heavy atom. The average molecular weight is 316 g/mol. The van der Waals surface area contributed by atoms with Gasteiger partial charge in [0.25, 0.3) is 5.91 Å². The molecule has 0 unspecified atom stereocenters. The second kappa shape index (κ2) is 6.19. The zero-order valence-corrected chi connectivity index (χ0v) is 13.2. The maximum absolute atomic E-state index is 12.0. The van der Waals surface area contributed by atoms with E-state index in [4.69, 9.17) is 9.47 Å². The Morgan fingerprint density at radius 3 is 2.91 bits per heavy atom. The predicted octanol–water partition coefficient (Wildman–Crippen LogP) is 3.25. The molecule has 0 spiro atoms. The van der Waals surface area contributed by atoms with Crippen LogP contribution < -0.4 is 5.32 Å². The first-order valence-electron chi connectivity index (χ1n) is 6.92. The van der Waals surface area contributed by atoms with Gasteiger partial charge in [-0.15, -0.1) is 11.3 Å². The number of ether oxygens (including phenoxy) is 2. The Morgan fingerprint density at radius 2 is 2.18 bits per heavy atom. The molecule has 0 saturated heterocycles. The van der Waals surface area contributed by atoms with E-state index in [9.17, 15) is 4.79 Å². The van der Waals surface area contributed by atoms with E-state index in [1.165, 1.54) is 23.2 Å². The van der Waals surface area contributed by atoms with Gasteiger partial charge in [-0.2, -0.15) is 0 Å². The molecule has 114 valence electrons. The van der Waals surface area contributed by atoms with Crippen LogP contribution in [-0.2, 0) is 14.3 Å². The van der Waals surface area contributed by atoms with Gasteiger partial charge in [0.1, 0.15) is 19.5 Å². The smallest absolute Gasteiger partial charge is 0.295 e. The van der Waals surface area contributed by atoms with Gasteiger partial charge in [-0.3, -0.25) is 10.1 Å². The molecule has 1 aromatic heterocycles. The highest BCUT2D eigenvalue weighted by Crippen LogP contribution is 2.28. The summed E-state index contributed by atoms with van der Waals surface area (Å²) in [5.41, 5.74) is 4.30. The van der Waals surface area contributed by atoms with Crippen molar-refractivity contribution in [3.05, 3.63) is 46.7 Å². The molecule has 5 nitrogen and oxygen atoms in total. The first-order chi connectivity index (χ1) is 10.6. The monoisotopic (exact) mass is 316 g/mol. The van der Waals surface area contributed by atoms with Crippen molar-refractivity contribution in [2.24, 2.45) is 0 Å². The topological polar surface area (TPSA) is 60.5 Å². The Labute approximate surface area is 132 Å². The second-order valence-electron chi connectivity index (χ2n) is 5.01. The van der Waals surface area contributed by atoms with Gasteiger partial charge >= 0.3 is 0 Å². The Kier molecular flexibility index (Phi) is 4.11. The van der Waals surface area contributed by atoms with E-state index in [-0.39, 0.29) is 11.7 Å². The normalized spacial score (nSPS) is 13.8. The summed E-state index contributed by atoms with van der Waals surface area (Å²) < 4.78 is 10.3. The number of anilines is 1. The summed E-state index contributed by atoms with van der Waals surface area (Å²) in [5, 5.41) is 5.20. The van der Waals surface area contributed by atoms with Gasteiger partial charge in [-0.05, 0) is 19.4 Å². The van der Waals surface area contributed by atoms with E-state index in [0.717, 1.165) is 16.8 Å². The van der Waals surface area contributed by atoms with Gasteiger partial charge < -0.3 is 9.47 Å². The number of benzene rings is 1. The number of aromatic nitrogens is 1. The zero-order valence-electron chi connectivity index (χ0n) is 12.4. The first kappa shape index (κ1) is 14.6. The van der Waals surface area contributed by atoms with Crippen LogP contribution in [0.1, 0.15) is 11.1 Å². The Bertz CT molecular complexity index is 737. The number of hydrogen-bond donors (Lipinski definition) is 1. The molecule has 3 rings (SSSR count). The number of carbonyl (C=O) groups excluding carboxylic acids is 1. The molecule has 0 radical (unpaired) electrons. The molecule has 0 bridgehead atoms. The third-order valence-electron chi connectivity index (χ3n) is 3.26. The summed E-state index contributed by atoms with van der Waals surface area (Å²) in [6, 6.07) is 6.22. The number of rotatable bonds is 3. The van der Waals surface area contributed by atoms with Gasteiger partial charge in [0.2, 0.25) is 5.76 Å². The van der Waals surface area contributed by atoms with Crippen molar-refractivity contribution in [2.75, 3.05) is 18.5 Å². The lowest BCUT2D eigenvalue weighted by atomic mass is 10.0. The van der Waals surface area contributed by atoms with E-state index in [1.807, 2.05) is 11.4 Å². The summed E-state index contributed by atoms with van der Waals surface area (Å²) in [5.74, 6) is -0.171. The van der Waals surface area contributed by atoms with Crippen molar-refractivity contribution in [1.29, 1.82) is 0 Å². The van der Waals surface area contributed by atoms with Crippen molar-refractivity contribution < 1.29 is 14.3 Å². The number of nitrogens with one attached hydrogen (secondary N) is 1. The third kappa shape index (κ3) is 3.12. The fourth-order valence-corrected chi connectivity index (χ4v) is 2.91. The first-order valence-corrected chi connectivity index (χ1v) is 7.80. The van der Waals surface area contributed by atoms with Crippen LogP contribution >= 0.6 is 11.3 Å². The number of hydrogen-bond acceptors (Lipinski definition) is 5. The second-order valence-corrected chi connectivity index (χ2v) is 5.87. The molecular weight excluding hydrogens is 300 g/mol. The predicted molar refractivity (Wildman–Crippen MR) is 85.6 cm³/mol. The molecule has 2 aromatic rings. The van der Waals surface area contributed by atoms with E-state index in [1.54, 1.807) is 0 Å². The SMILES string of the molecule is Cc1ccc(-c2csc(NC(=O)C3=COCCO3)n2)c(C)c1. The summed E-state index contributed by atoms with van der Waals surface area (Å²) >= 11 is 1.38. The van der Waals surface area contributed by atoms with Crippen LogP contribution in [0.4, 0.5) is 5.13 Å². The quantitative estimate of drug-likeness (QED) is 0.944. The van der Waals surface area contributed by atoms with E-state index in [0.29, 0.717) is 18.3 Å². The summed E-state index contributed by atoms with van der Waals surface area (Å²) in [7, 11) is 0. The van der Waals surface area contributed by atoms with Crippen molar-refractivity contribution >= 4 is 22.4 Å². The fourth-order valence-electron chi connectivity index (χ4n) is 2.20. The van der Waals surface area contributed by atoms with Gasteiger partial charge in [-0.1, -0.05) is 23.8 Å². The molecule has 0 saturated carbocycles. The number of thiazole rings is 1. The lowest BCUT2D eigenvalue weighted by Gasteiger charge is -2.14. The molecule has 1 aliphatic rings. The van der Waals surface area contributed by atoms with Crippen LogP contribution in [0.15, 0.2) is 35.6 Å². The number of amides is 1.